The Kier molecular flexibility index (Phi) is 8.97. The molecule has 2 aromatic heterocycles. The topological polar surface area (TPSA) is 51.6 Å². The number of nitrogens with zero attached hydrogens (tertiary/aromatic N) is 4. The molecule has 0 fully saturated rings. The second kappa shape index (κ2) is 9.32. The molecule has 0 amide bonds. The van der Waals surface area contributed by atoms with E-state index in [-0.39, 0.29) is 32.0 Å². The number of aromatic nitrogens is 4. The van der Waals surface area contributed by atoms with E-state index >= 15 is 0 Å². The van der Waals surface area contributed by atoms with E-state index < -0.39 is 7.59 Å². The lowest BCUT2D eigenvalue weighted by atomic mass is 10.5. The molecule has 0 aliphatic rings. The van der Waals surface area contributed by atoms with Crippen LogP contribution in [0, 0.1) is 0 Å². The maximum atomic E-state index is 5.60. The van der Waals surface area contributed by atoms with E-state index in [4.69, 9.17) is 116 Å². The van der Waals surface area contributed by atoms with Gasteiger partial charge in [0, 0.05) is 0 Å². The normalized spacial score (nSPS) is 11.8. The van der Waals surface area contributed by atoms with Gasteiger partial charge in [-0.2, -0.15) is 0 Å². The third-order valence-corrected chi connectivity index (χ3v) is 3.91. The van der Waals surface area contributed by atoms with Gasteiger partial charge in [0.2, 0.25) is 7.59 Å². The summed E-state index contributed by atoms with van der Waals surface area (Å²) in [4.78, 5) is 14.8. The van der Waals surface area contributed by atoms with Gasteiger partial charge in [0.05, 0.1) is 12.4 Å². The first-order valence-electron chi connectivity index (χ1n) is 5.33. The first-order valence-corrected chi connectivity index (χ1v) is 9.10. The molecule has 0 atom stereocenters. The Balaban J connectivity index is 0.000000240. The van der Waals surface area contributed by atoms with Crippen molar-refractivity contribution in [3.8, 4) is 0 Å². The highest BCUT2D eigenvalue weighted by Gasteiger charge is 2.29. The van der Waals surface area contributed by atoms with Crippen molar-refractivity contribution in [1.82, 2.24) is 19.9 Å². The van der Waals surface area contributed by atoms with Gasteiger partial charge in [0.25, 0.3) is 0 Å². The van der Waals surface area contributed by atoms with Crippen LogP contribution in [0.2, 0.25) is 20.6 Å². The minimum absolute atomic E-state index is 0.0116. The predicted molar refractivity (Wildman–Crippen MR) is 103 cm³/mol. The molecule has 0 aromatic carbocycles. The standard InChI is InChI=1S/2C5HCl5N2/c6-2-1-11-4(7)3(12-2)5(8,9)10;6-2-1-11-3(4(7)12-2)5(8,9)10/h2*1H. The Morgan fingerprint density at radius 2 is 1.04 bits per heavy atom. The molecule has 4 nitrogen and oxygen atoms in total. The fourth-order valence-corrected chi connectivity index (χ4v) is 2.99. The second-order valence-corrected chi connectivity index (χ2v) is 9.71. The first kappa shape index (κ1) is 23.1. The molecule has 0 bridgehead atoms. The molecule has 0 radical (unpaired) electrons. The monoisotopic (exact) mass is 528 g/mol. The summed E-state index contributed by atoms with van der Waals surface area (Å²) < 4.78 is -3.37. The zero-order chi connectivity index (χ0) is 18.7. The van der Waals surface area contributed by atoms with Crippen molar-refractivity contribution < 1.29 is 0 Å². The van der Waals surface area contributed by atoms with E-state index in [0.717, 1.165) is 0 Å². The third-order valence-electron chi connectivity index (χ3n) is 1.94. The molecule has 24 heavy (non-hydrogen) atoms. The maximum Gasteiger partial charge on any atom is 0.235 e. The third kappa shape index (κ3) is 7.36. The molecule has 0 N–H and O–H groups in total. The van der Waals surface area contributed by atoms with Gasteiger partial charge in [-0.3, -0.25) is 4.98 Å². The van der Waals surface area contributed by atoms with Gasteiger partial charge in [-0.05, 0) is 0 Å². The fraction of sp³-hybridized carbons (Fsp3) is 0.200. The largest absolute Gasteiger partial charge is 0.250 e. The molecule has 0 aliphatic carbocycles. The van der Waals surface area contributed by atoms with Gasteiger partial charge in [0.1, 0.15) is 21.7 Å². The molecule has 0 aliphatic heterocycles. The highest BCUT2D eigenvalue weighted by Crippen LogP contribution is 2.40. The Labute approximate surface area is 186 Å². The lowest BCUT2D eigenvalue weighted by molar-refractivity contribution is 1.04. The summed E-state index contributed by atoms with van der Waals surface area (Å²) in [5.74, 6) is 0. The number of hydrogen-bond donors (Lipinski definition) is 0. The summed E-state index contributed by atoms with van der Waals surface area (Å²) in [6, 6.07) is 0. The van der Waals surface area contributed by atoms with Crippen molar-refractivity contribution in [3.63, 3.8) is 0 Å². The van der Waals surface area contributed by atoms with E-state index in [2.05, 4.69) is 19.9 Å². The highest BCUT2D eigenvalue weighted by molar-refractivity contribution is 6.67. The summed E-state index contributed by atoms with van der Waals surface area (Å²) in [6.07, 6.45) is 2.52. The highest BCUT2D eigenvalue weighted by atomic mass is 35.6. The van der Waals surface area contributed by atoms with Gasteiger partial charge in [-0.25, -0.2) is 15.0 Å². The van der Waals surface area contributed by atoms with Crippen LogP contribution in [0.3, 0.4) is 0 Å². The molecule has 2 aromatic rings. The van der Waals surface area contributed by atoms with E-state index in [0.29, 0.717) is 0 Å². The van der Waals surface area contributed by atoms with Crippen LogP contribution in [0.5, 0.6) is 0 Å². The SMILES string of the molecule is Clc1cnc(C(Cl)(Cl)Cl)c(Cl)n1.Clc1cnc(Cl)c(C(Cl)(Cl)Cl)n1. The van der Waals surface area contributed by atoms with Crippen LogP contribution < -0.4 is 0 Å². The molecular weight excluding hydrogens is 531 g/mol. The Hall–Kier alpha value is 1.06. The van der Waals surface area contributed by atoms with E-state index in [9.17, 15) is 0 Å². The zero-order valence-corrected chi connectivity index (χ0v) is 18.3. The number of halogens is 10. The van der Waals surface area contributed by atoms with Crippen LogP contribution in [0.1, 0.15) is 11.4 Å². The van der Waals surface area contributed by atoms with Crippen molar-refractivity contribution in [2.45, 2.75) is 7.59 Å². The Morgan fingerprint density at radius 1 is 0.583 bits per heavy atom. The molecule has 0 spiro atoms. The minimum Gasteiger partial charge on any atom is -0.250 e. The first-order chi connectivity index (χ1) is 10.8. The molecule has 132 valence electrons. The summed E-state index contributed by atoms with van der Waals surface area (Å²) >= 11 is 55.3. The van der Waals surface area contributed by atoms with Gasteiger partial charge in [0.15, 0.2) is 10.3 Å². The average molecular weight is 533 g/mol. The van der Waals surface area contributed by atoms with E-state index in [1.807, 2.05) is 0 Å². The van der Waals surface area contributed by atoms with Crippen LogP contribution in [0.25, 0.3) is 0 Å². The summed E-state index contributed by atoms with van der Waals surface area (Å²) in [6.45, 7) is 0. The Bertz CT molecular complexity index is 712. The smallest absolute Gasteiger partial charge is 0.235 e. The fourth-order valence-electron chi connectivity index (χ4n) is 1.07. The molecule has 2 heterocycles. The van der Waals surface area contributed by atoms with Crippen LogP contribution in [0.15, 0.2) is 12.4 Å². The molecule has 0 saturated carbocycles. The Morgan fingerprint density at radius 3 is 1.46 bits per heavy atom. The van der Waals surface area contributed by atoms with Crippen molar-refractivity contribution in [1.29, 1.82) is 0 Å². The van der Waals surface area contributed by atoms with Crippen molar-refractivity contribution in [2.75, 3.05) is 0 Å². The average Bonchev–Trinajstić information content (AvgIpc) is 2.39. The van der Waals surface area contributed by atoms with Crippen LogP contribution in [-0.2, 0) is 7.59 Å². The number of alkyl halides is 6. The molecule has 14 heteroatoms. The molecular formula is C10H2Cl10N4. The molecule has 0 saturated heterocycles. The maximum absolute atomic E-state index is 5.60. The van der Waals surface area contributed by atoms with Crippen molar-refractivity contribution in [3.05, 3.63) is 44.4 Å². The lowest BCUT2D eigenvalue weighted by Crippen LogP contribution is -2.05. The van der Waals surface area contributed by atoms with Gasteiger partial charge in [-0.1, -0.05) is 116 Å². The second-order valence-electron chi connectivity index (χ2n) is 3.66. The van der Waals surface area contributed by atoms with Gasteiger partial charge >= 0.3 is 0 Å². The summed E-state index contributed by atoms with van der Waals surface area (Å²) in [5, 5.41) is 0.292. The minimum atomic E-state index is -1.70. The molecule has 0 unspecified atom stereocenters. The number of rotatable bonds is 0. The van der Waals surface area contributed by atoms with Crippen LogP contribution in [-0.4, -0.2) is 19.9 Å². The lowest BCUT2D eigenvalue weighted by Gasteiger charge is -2.10. The van der Waals surface area contributed by atoms with Crippen LogP contribution >= 0.6 is 116 Å². The quantitative estimate of drug-likeness (QED) is 0.336. The predicted octanol–water partition coefficient (Wildman–Crippen LogP) is 7.22. The summed E-state index contributed by atoms with van der Waals surface area (Å²) in [7, 11) is 0. The van der Waals surface area contributed by atoms with Crippen LogP contribution in [0.4, 0.5) is 0 Å². The van der Waals surface area contributed by atoms with Crippen molar-refractivity contribution in [2.24, 2.45) is 0 Å². The molecule has 2 rings (SSSR count). The van der Waals surface area contributed by atoms with Crippen molar-refractivity contribution >= 4 is 116 Å². The van der Waals surface area contributed by atoms with E-state index in [1.54, 1.807) is 0 Å². The number of hydrogen-bond acceptors (Lipinski definition) is 4. The van der Waals surface area contributed by atoms with Gasteiger partial charge < -0.3 is 0 Å². The zero-order valence-electron chi connectivity index (χ0n) is 10.7. The van der Waals surface area contributed by atoms with Gasteiger partial charge in [-0.15, -0.1) is 0 Å². The summed E-state index contributed by atoms with van der Waals surface area (Å²) in [5.41, 5.74) is 0.0974. The van der Waals surface area contributed by atoms with E-state index in [1.165, 1.54) is 12.4 Å².